The molecule has 3 aromatic rings. The van der Waals surface area contributed by atoms with Gasteiger partial charge in [-0.05, 0) is 25.8 Å². The number of carbonyl (C=O) groups is 1. The zero-order chi connectivity index (χ0) is 15.1. The van der Waals surface area contributed by atoms with Crippen molar-refractivity contribution in [3.63, 3.8) is 0 Å². The number of nitrogens with zero attached hydrogens (tertiary/aromatic N) is 3. The molecule has 1 aliphatic carbocycles. The molecule has 22 heavy (non-hydrogen) atoms. The van der Waals surface area contributed by atoms with Gasteiger partial charge in [-0.25, -0.2) is 0 Å². The summed E-state index contributed by atoms with van der Waals surface area (Å²) in [6.07, 6.45) is 5.92. The molecule has 6 heteroatoms. The molecule has 1 fully saturated rings. The van der Waals surface area contributed by atoms with Crippen LogP contribution in [0, 0.1) is 0 Å². The molecule has 0 saturated heterocycles. The number of aromatic nitrogens is 4. The first-order valence-corrected chi connectivity index (χ1v) is 8.28. The van der Waals surface area contributed by atoms with Crippen molar-refractivity contribution in [2.75, 3.05) is 0 Å². The van der Waals surface area contributed by atoms with Gasteiger partial charge < -0.3 is 9.55 Å². The number of benzene rings is 1. The van der Waals surface area contributed by atoms with Gasteiger partial charge in [0.15, 0.2) is 10.9 Å². The van der Waals surface area contributed by atoms with Crippen molar-refractivity contribution in [2.24, 2.45) is 0 Å². The normalized spacial score (nSPS) is 16.0. The van der Waals surface area contributed by atoms with Crippen LogP contribution in [0.3, 0.4) is 0 Å². The molecule has 0 aliphatic heterocycles. The van der Waals surface area contributed by atoms with Crippen LogP contribution in [0.15, 0.2) is 41.9 Å². The molecule has 1 unspecified atom stereocenters. The lowest BCUT2D eigenvalue weighted by Gasteiger charge is -2.10. The lowest BCUT2D eigenvalue weighted by Crippen LogP contribution is -2.14. The van der Waals surface area contributed by atoms with Crippen LogP contribution in [-0.2, 0) is 0 Å². The number of fused-ring (bicyclic) bond motifs is 1. The van der Waals surface area contributed by atoms with Gasteiger partial charge in [-0.2, -0.15) is 0 Å². The van der Waals surface area contributed by atoms with E-state index in [1.54, 1.807) is 12.5 Å². The molecule has 5 nitrogen and oxygen atoms in total. The Balaban J connectivity index is 1.58. The SMILES string of the molecule is CC(Sc1nncn1C1CC1)C(=O)c1c[nH]c2ccccc12. The average Bonchev–Trinajstić information content (AvgIpc) is 3.12. The summed E-state index contributed by atoms with van der Waals surface area (Å²) in [5, 5.41) is 9.76. The Bertz CT molecular complexity index is 833. The van der Waals surface area contributed by atoms with E-state index in [4.69, 9.17) is 0 Å². The molecule has 2 heterocycles. The van der Waals surface area contributed by atoms with Crippen LogP contribution in [0.2, 0.25) is 0 Å². The summed E-state index contributed by atoms with van der Waals surface area (Å²) in [7, 11) is 0. The lowest BCUT2D eigenvalue weighted by molar-refractivity contribution is 0.0995. The number of para-hydroxylation sites is 1. The molecule has 1 saturated carbocycles. The van der Waals surface area contributed by atoms with Gasteiger partial charge in [-0.3, -0.25) is 4.79 Å². The maximum Gasteiger partial charge on any atom is 0.191 e. The monoisotopic (exact) mass is 312 g/mol. The summed E-state index contributed by atoms with van der Waals surface area (Å²) >= 11 is 1.49. The fraction of sp³-hybridized carbons (Fsp3) is 0.312. The Labute approximate surface area is 132 Å². The van der Waals surface area contributed by atoms with Crippen molar-refractivity contribution in [2.45, 2.75) is 36.2 Å². The first kappa shape index (κ1) is 13.6. The first-order valence-electron chi connectivity index (χ1n) is 7.40. The number of H-pyrrole nitrogens is 1. The molecule has 1 N–H and O–H groups in total. The third kappa shape index (κ3) is 2.33. The molecular weight excluding hydrogens is 296 g/mol. The fourth-order valence-electron chi connectivity index (χ4n) is 2.63. The van der Waals surface area contributed by atoms with Crippen LogP contribution < -0.4 is 0 Å². The number of rotatable bonds is 5. The molecule has 4 rings (SSSR count). The van der Waals surface area contributed by atoms with Gasteiger partial charge in [0.1, 0.15) is 6.33 Å². The summed E-state index contributed by atoms with van der Waals surface area (Å²) in [5.74, 6) is 0.118. The van der Waals surface area contributed by atoms with E-state index in [1.165, 1.54) is 24.6 Å². The Hall–Kier alpha value is -2.08. The van der Waals surface area contributed by atoms with Gasteiger partial charge in [0.2, 0.25) is 0 Å². The maximum absolute atomic E-state index is 12.7. The van der Waals surface area contributed by atoms with Crippen LogP contribution in [0.25, 0.3) is 10.9 Å². The third-order valence-corrected chi connectivity index (χ3v) is 5.06. The van der Waals surface area contributed by atoms with Gasteiger partial charge in [-0.15, -0.1) is 10.2 Å². The van der Waals surface area contributed by atoms with Crippen LogP contribution in [0.5, 0.6) is 0 Å². The quantitative estimate of drug-likeness (QED) is 0.579. The number of hydrogen-bond donors (Lipinski definition) is 1. The molecule has 1 aromatic carbocycles. The predicted molar refractivity (Wildman–Crippen MR) is 86.2 cm³/mol. The van der Waals surface area contributed by atoms with Gasteiger partial charge in [0, 0.05) is 28.7 Å². The number of thioether (sulfide) groups is 1. The van der Waals surface area contributed by atoms with E-state index in [0.717, 1.165) is 21.6 Å². The maximum atomic E-state index is 12.7. The molecule has 0 bridgehead atoms. The van der Waals surface area contributed by atoms with E-state index in [9.17, 15) is 4.79 Å². The zero-order valence-electron chi connectivity index (χ0n) is 12.2. The Morgan fingerprint density at radius 1 is 1.41 bits per heavy atom. The fourth-order valence-corrected chi connectivity index (χ4v) is 3.59. The second-order valence-corrected chi connectivity index (χ2v) is 6.93. The van der Waals surface area contributed by atoms with Crippen molar-refractivity contribution >= 4 is 28.4 Å². The number of ketones is 1. The highest BCUT2D eigenvalue weighted by Crippen LogP contribution is 2.38. The number of nitrogens with one attached hydrogen (secondary N) is 1. The van der Waals surface area contributed by atoms with E-state index >= 15 is 0 Å². The standard InChI is InChI=1S/C16H16N4OS/c1-10(22-16-19-18-9-20(16)11-6-7-11)15(21)13-8-17-14-5-3-2-4-12(13)14/h2-5,8-11,17H,6-7H2,1H3. The smallest absolute Gasteiger partial charge is 0.191 e. The Morgan fingerprint density at radius 2 is 2.23 bits per heavy atom. The largest absolute Gasteiger partial charge is 0.360 e. The summed E-state index contributed by atoms with van der Waals surface area (Å²) < 4.78 is 2.09. The highest BCUT2D eigenvalue weighted by molar-refractivity contribution is 8.00. The molecule has 1 aliphatic rings. The van der Waals surface area contributed by atoms with Crippen LogP contribution in [-0.4, -0.2) is 30.8 Å². The van der Waals surface area contributed by atoms with E-state index < -0.39 is 0 Å². The lowest BCUT2D eigenvalue weighted by atomic mass is 10.1. The van der Waals surface area contributed by atoms with E-state index in [0.29, 0.717) is 6.04 Å². The van der Waals surface area contributed by atoms with Gasteiger partial charge >= 0.3 is 0 Å². The second kappa shape index (κ2) is 5.28. The molecule has 112 valence electrons. The minimum absolute atomic E-state index is 0.118. The average molecular weight is 312 g/mol. The minimum atomic E-state index is -0.194. The molecule has 0 radical (unpaired) electrons. The van der Waals surface area contributed by atoms with Crippen molar-refractivity contribution in [1.29, 1.82) is 0 Å². The number of carbonyl (C=O) groups excluding carboxylic acids is 1. The Morgan fingerprint density at radius 3 is 3.05 bits per heavy atom. The molecule has 1 atom stereocenters. The van der Waals surface area contributed by atoms with Gasteiger partial charge in [0.25, 0.3) is 0 Å². The highest BCUT2D eigenvalue weighted by Gasteiger charge is 2.28. The van der Waals surface area contributed by atoms with Gasteiger partial charge in [-0.1, -0.05) is 30.0 Å². The number of Topliss-reactive ketones (excluding diaryl/α,β-unsaturated/α-hetero) is 1. The van der Waals surface area contributed by atoms with E-state index in [1.807, 2.05) is 31.2 Å². The minimum Gasteiger partial charge on any atom is -0.360 e. The van der Waals surface area contributed by atoms with Crippen LogP contribution >= 0.6 is 11.8 Å². The number of hydrogen-bond acceptors (Lipinski definition) is 4. The predicted octanol–water partition coefficient (Wildman–Crippen LogP) is 3.46. The van der Waals surface area contributed by atoms with Gasteiger partial charge in [0.05, 0.1) is 5.25 Å². The van der Waals surface area contributed by atoms with Crippen molar-refractivity contribution < 1.29 is 4.79 Å². The molecule has 2 aromatic heterocycles. The highest BCUT2D eigenvalue weighted by atomic mass is 32.2. The van der Waals surface area contributed by atoms with E-state index in [2.05, 4.69) is 19.7 Å². The van der Waals surface area contributed by atoms with Crippen LogP contribution in [0.1, 0.15) is 36.2 Å². The topological polar surface area (TPSA) is 63.6 Å². The van der Waals surface area contributed by atoms with Crippen molar-refractivity contribution in [3.05, 3.63) is 42.4 Å². The second-order valence-electron chi connectivity index (χ2n) is 5.62. The summed E-state index contributed by atoms with van der Waals surface area (Å²) in [5.41, 5.74) is 1.73. The van der Waals surface area contributed by atoms with Crippen molar-refractivity contribution in [3.8, 4) is 0 Å². The number of aromatic amines is 1. The summed E-state index contributed by atoms with van der Waals surface area (Å²) in [6.45, 7) is 1.93. The molecule has 0 amide bonds. The van der Waals surface area contributed by atoms with Crippen molar-refractivity contribution in [1.82, 2.24) is 19.7 Å². The zero-order valence-corrected chi connectivity index (χ0v) is 13.0. The summed E-state index contributed by atoms with van der Waals surface area (Å²) in [4.78, 5) is 15.9. The van der Waals surface area contributed by atoms with E-state index in [-0.39, 0.29) is 11.0 Å². The third-order valence-electron chi connectivity index (χ3n) is 3.99. The van der Waals surface area contributed by atoms with Crippen LogP contribution in [0.4, 0.5) is 0 Å². The Kier molecular flexibility index (Phi) is 3.26. The first-order chi connectivity index (χ1) is 10.7. The summed E-state index contributed by atoms with van der Waals surface area (Å²) in [6, 6.07) is 8.39. The molecular formula is C16H16N4OS. The molecule has 0 spiro atoms.